The summed E-state index contributed by atoms with van der Waals surface area (Å²) in [6, 6.07) is 12.6. The number of aliphatic hydroxyl groups is 1. The molecule has 0 saturated carbocycles. The molecule has 4 atom stereocenters. The third kappa shape index (κ3) is 6.01. The highest BCUT2D eigenvalue weighted by Crippen LogP contribution is 2.61. The SMILES string of the molecule is C/C=C(\C)C(=O)O[C@H]1c2cc(OC)c(OC)c(OC)c2-c2c(cc3c(c2OC)OCO3)[C@H](OC(=O)/C=C/c2ccccc2)[C@H](C)[C@]1(C)O. The second-order valence-corrected chi connectivity index (χ2v) is 11.6. The average Bonchev–Trinajstić information content (AvgIpc) is 3.58. The molecule has 5 rings (SSSR count). The van der Waals surface area contributed by atoms with E-state index in [0.29, 0.717) is 39.3 Å². The van der Waals surface area contributed by atoms with Crippen molar-refractivity contribution in [3.63, 3.8) is 0 Å². The summed E-state index contributed by atoms with van der Waals surface area (Å²) in [5.41, 5.74) is 0.735. The molecule has 0 saturated heterocycles. The smallest absolute Gasteiger partial charge is 0.334 e. The third-order valence-electron chi connectivity index (χ3n) is 8.89. The van der Waals surface area contributed by atoms with Crippen molar-refractivity contribution in [2.75, 3.05) is 35.2 Å². The molecular formula is C37H40O11. The van der Waals surface area contributed by atoms with Crippen LogP contribution in [0.1, 0.15) is 56.6 Å². The summed E-state index contributed by atoms with van der Waals surface area (Å²) in [4.78, 5) is 27.0. The standard InChI is InChI=1S/C37H40O11/c1-9-20(2)36(39)48-35-24-18-25(41-5)31(42-6)33(43-7)29(24)28-23(17-26-32(34(28)44-8)46-19-45-26)30(21(3)37(35,4)40)47-27(38)16-15-22-13-11-10-12-14-22/h9-18,21,30,35,40H,19H2,1-8H3/b16-15+,20-9+/t21-,30+,35-,37-/m0/s1. The molecule has 0 amide bonds. The van der Waals surface area contributed by atoms with E-state index < -0.39 is 35.7 Å². The van der Waals surface area contributed by atoms with Crippen molar-refractivity contribution in [3.05, 3.63) is 76.9 Å². The van der Waals surface area contributed by atoms with Crippen molar-refractivity contribution < 1.29 is 52.6 Å². The van der Waals surface area contributed by atoms with Crippen LogP contribution in [-0.4, -0.2) is 57.9 Å². The van der Waals surface area contributed by atoms with E-state index in [2.05, 4.69) is 0 Å². The Morgan fingerprint density at radius 1 is 0.896 bits per heavy atom. The minimum absolute atomic E-state index is 0.0785. The zero-order valence-electron chi connectivity index (χ0n) is 28.2. The van der Waals surface area contributed by atoms with Gasteiger partial charge in [-0.1, -0.05) is 43.3 Å². The molecule has 0 aromatic heterocycles. The van der Waals surface area contributed by atoms with Gasteiger partial charge in [-0.15, -0.1) is 0 Å². The highest BCUT2D eigenvalue weighted by Gasteiger charge is 2.51. The summed E-state index contributed by atoms with van der Waals surface area (Å²) in [6.45, 7) is 6.49. The third-order valence-corrected chi connectivity index (χ3v) is 8.89. The second-order valence-electron chi connectivity index (χ2n) is 11.6. The number of allylic oxidation sites excluding steroid dienone is 1. The number of methoxy groups -OCH3 is 4. The number of hydrogen-bond acceptors (Lipinski definition) is 11. The molecule has 0 bridgehead atoms. The average molecular weight is 661 g/mol. The first kappa shape index (κ1) is 34.2. The van der Waals surface area contributed by atoms with Crippen LogP contribution in [0.5, 0.6) is 34.5 Å². The maximum Gasteiger partial charge on any atom is 0.334 e. The molecule has 1 aliphatic heterocycles. The van der Waals surface area contributed by atoms with Gasteiger partial charge in [0.25, 0.3) is 0 Å². The number of rotatable bonds is 9. The number of ether oxygens (including phenoxy) is 8. The monoisotopic (exact) mass is 660 g/mol. The van der Waals surface area contributed by atoms with E-state index >= 15 is 0 Å². The Morgan fingerprint density at radius 2 is 1.56 bits per heavy atom. The van der Waals surface area contributed by atoms with Crippen molar-refractivity contribution >= 4 is 18.0 Å². The van der Waals surface area contributed by atoms with Crippen molar-refractivity contribution in [1.29, 1.82) is 0 Å². The lowest BCUT2D eigenvalue weighted by molar-refractivity contribution is -0.181. The number of esters is 2. The van der Waals surface area contributed by atoms with Crippen LogP contribution in [0.2, 0.25) is 0 Å². The van der Waals surface area contributed by atoms with E-state index in [-0.39, 0.29) is 29.8 Å². The highest BCUT2D eigenvalue weighted by atomic mass is 16.7. The van der Waals surface area contributed by atoms with Crippen molar-refractivity contribution in [2.45, 2.75) is 45.5 Å². The Hall–Kier alpha value is -5.16. The first-order chi connectivity index (χ1) is 23.0. The zero-order valence-corrected chi connectivity index (χ0v) is 28.2. The number of carbonyl (C=O) groups is 2. The summed E-state index contributed by atoms with van der Waals surface area (Å²) >= 11 is 0. The van der Waals surface area contributed by atoms with Crippen molar-refractivity contribution in [1.82, 2.24) is 0 Å². The Bertz CT molecular complexity index is 1760. The fourth-order valence-electron chi connectivity index (χ4n) is 6.04. The van der Waals surface area contributed by atoms with Crippen LogP contribution in [-0.2, 0) is 19.1 Å². The van der Waals surface area contributed by atoms with Gasteiger partial charge in [0.2, 0.25) is 18.3 Å². The summed E-state index contributed by atoms with van der Waals surface area (Å²) in [5.74, 6) is -0.642. The van der Waals surface area contributed by atoms with Crippen LogP contribution in [0.25, 0.3) is 17.2 Å². The maximum absolute atomic E-state index is 13.5. The Balaban J connectivity index is 1.86. The highest BCUT2D eigenvalue weighted by molar-refractivity contribution is 5.92. The van der Waals surface area contributed by atoms with E-state index in [0.717, 1.165) is 5.56 Å². The molecule has 48 heavy (non-hydrogen) atoms. The predicted molar refractivity (Wildman–Crippen MR) is 177 cm³/mol. The van der Waals surface area contributed by atoms with Crippen molar-refractivity contribution in [2.24, 2.45) is 5.92 Å². The van der Waals surface area contributed by atoms with Gasteiger partial charge >= 0.3 is 11.9 Å². The minimum atomic E-state index is -1.86. The molecule has 11 heteroatoms. The Morgan fingerprint density at radius 3 is 2.19 bits per heavy atom. The molecule has 1 heterocycles. The van der Waals surface area contributed by atoms with Crippen LogP contribution < -0.4 is 28.4 Å². The number of benzene rings is 3. The molecule has 3 aromatic rings. The summed E-state index contributed by atoms with van der Waals surface area (Å²) in [5, 5.41) is 12.5. The van der Waals surface area contributed by atoms with Gasteiger partial charge < -0.3 is 43.0 Å². The van der Waals surface area contributed by atoms with Gasteiger partial charge in [0.05, 0.1) is 28.4 Å². The minimum Gasteiger partial charge on any atom is -0.493 e. The van der Waals surface area contributed by atoms with Crippen LogP contribution in [0.4, 0.5) is 0 Å². The first-order valence-corrected chi connectivity index (χ1v) is 15.4. The van der Waals surface area contributed by atoms with Gasteiger partial charge in [0.15, 0.2) is 29.1 Å². The van der Waals surface area contributed by atoms with Gasteiger partial charge in [-0.3, -0.25) is 0 Å². The number of hydrogen-bond donors (Lipinski definition) is 1. The quantitative estimate of drug-likeness (QED) is 0.203. The lowest BCUT2D eigenvalue weighted by Gasteiger charge is -2.43. The van der Waals surface area contributed by atoms with E-state index in [1.165, 1.54) is 41.4 Å². The predicted octanol–water partition coefficient (Wildman–Crippen LogP) is 6.37. The van der Waals surface area contributed by atoms with Gasteiger partial charge in [-0.25, -0.2) is 9.59 Å². The summed E-state index contributed by atoms with van der Waals surface area (Å²) in [6.07, 6.45) is 2.08. The van der Waals surface area contributed by atoms with E-state index in [9.17, 15) is 14.7 Å². The fourth-order valence-corrected chi connectivity index (χ4v) is 6.04. The molecule has 11 nitrogen and oxygen atoms in total. The second kappa shape index (κ2) is 13.9. The molecule has 254 valence electrons. The summed E-state index contributed by atoms with van der Waals surface area (Å²) in [7, 11) is 5.85. The number of fused-ring (bicyclic) bond motifs is 4. The van der Waals surface area contributed by atoms with Gasteiger partial charge in [0.1, 0.15) is 11.7 Å². The van der Waals surface area contributed by atoms with Gasteiger partial charge in [0, 0.05) is 39.8 Å². The zero-order chi connectivity index (χ0) is 34.7. The Labute approximate surface area is 279 Å². The molecule has 0 spiro atoms. The summed E-state index contributed by atoms with van der Waals surface area (Å²) < 4.78 is 47.4. The maximum atomic E-state index is 13.5. The van der Waals surface area contributed by atoms with Gasteiger partial charge in [-0.05, 0) is 44.5 Å². The van der Waals surface area contributed by atoms with Crippen LogP contribution >= 0.6 is 0 Å². The lowest BCUT2D eigenvalue weighted by atomic mass is 9.71. The molecule has 2 aliphatic rings. The topological polar surface area (TPSA) is 128 Å². The molecule has 1 aliphatic carbocycles. The molecular weight excluding hydrogens is 620 g/mol. The fraction of sp³-hybridized carbons (Fsp3) is 0.351. The number of carbonyl (C=O) groups excluding carboxylic acids is 2. The molecule has 0 unspecified atom stereocenters. The van der Waals surface area contributed by atoms with Crippen LogP contribution in [0.15, 0.2) is 60.2 Å². The first-order valence-electron chi connectivity index (χ1n) is 15.4. The van der Waals surface area contributed by atoms with Gasteiger partial charge in [-0.2, -0.15) is 0 Å². The van der Waals surface area contributed by atoms with E-state index in [1.54, 1.807) is 45.1 Å². The van der Waals surface area contributed by atoms with E-state index in [4.69, 9.17) is 37.9 Å². The lowest BCUT2D eigenvalue weighted by Crippen LogP contribution is -2.46. The van der Waals surface area contributed by atoms with Crippen LogP contribution in [0, 0.1) is 5.92 Å². The molecule has 0 fully saturated rings. The van der Waals surface area contributed by atoms with E-state index in [1.807, 2.05) is 30.3 Å². The molecule has 3 aromatic carbocycles. The normalized spacial score (nSPS) is 21.4. The Kier molecular flexibility index (Phi) is 9.90. The van der Waals surface area contributed by atoms with Crippen LogP contribution in [0.3, 0.4) is 0 Å². The molecule has 0 radical (unpaired) electrons. The largest absolute Gasteiger partial charge is 0.493 e. The van der Waals surface area contributed by atoms with Crippen molar-refractivity contribution in [3.8, 4) is 45.6 Å². The molecule has 1 N–H and O–H groups in total.